The lowest BCUT2D eigenvalue weighted by Crippen LogP contribution is -2.45. The molecule has 1 saturated heterocycles. The van der Waals surface area contributed by atoms with E-state index in [9.17, 15) is 9.59 Å². The van der Waals surface area contributed by atoms with Crippen LogP contribution < -0.4 is 5.32 Å². The zero-order chi connectivity index (χ0) is 14.7. The summed E-state index contributed by atoms with van der Waals surface area (Å²) in [5, 5.41) is 5.10. The average molecular weight is 306 g/mol. The van der Waals surface area contributed by atoms with Gasteiger partial charge in [-0.05, 0) is 43.6 Å². The number of rotatable bonds is 5. The molecule has 3 rings (SSSR count). The molecule has 2 aliphatic rings. The van der Waals surface area contributed by atoms with E-state index in [1.54, 1.807) is 11.3 Å². The number of carbonyl (C=O) groups is 2. The van der Waals surface area contributed by atoms with Crippen molar-refractivity contribution in [3.63, 3.8) is 0 Å². The fraction of sp³-hybridized carbons (Fsp3) is 0.625. The van der Waals surface area contributed by atoms with Gasteiger partial charge in [0.15, 0.2) is 0 Å². The molecule has 1 atom stereocenters. The Morgan fingerprint density at radius 3 is 2.90 bits per heavy atom. The molecule has 2 fully saturated rings. The molecule has 21 heavy (non-hydrogen) atoms. The fourth-order valence-corrected chi connectivity index (χ4v) is 3.52. The van der Waals surface area contributed by atoms with Gasteiger partial charge in [-0.25, -0.2) is 0 Å². The Morgan fingerprint density at radius 2 is 2.19 bits per heavy atom. The Kier molecular flexibility index (Phi) is 4.58. The zero-order valence-electron chi connectivity index (χ0n) is 12.2. The van der Waals surface area contributed by atoms with Crippen molar-refractivity contribution in [1.29, 1.82) is 0 Å². The van der Waals surface area contributed by atoms with Gasteiger partial charge in [0.05, 0.1) is 5.92 Å². The van der Waals surface area contributed by atoms with Crippen LogP contribution in [-0.2, 0) is 16.0 Å². The van der Waals surface area contributed by atoms with Gasteiger partial charge in [-0.1, -0.05) is 6.07 Å². The number of nitrogens with one attached hydrogen (secondary N) is 1. The molecule has 1 aromatic heterocycles. The van der Waals surface area contributed by atoms with Gasteiger partial charge in [-0.15, -0.1) is 11.3 Å². The summed E-state index contributed by atoms with van der Waals surface area (Å²) in [5.41, 5.74) is 0. The molecule has 2 amide bonds. The molecule has 1 aromatic rings. The van der Waals surface area contributed by atoms with E-state index in [1.165, 1.54) is 4.88 Å². The number of hydrogen-bond acceptors (Lipinski definition) is 3. The molecule has 2 heterocycles. The molecule has 0 unspecified atom stereocenters. The van der Waals surface area contributed by atoms with Crippen LogP contribution >= 0.6 is 11.3 Å². The topological polar surface area (TPSA) is 49.4 Å². The van der Waals surface area contributed by atoms with Crippen LogP contribution in [0.3, 0.4) is 0 Å². The maximum absolute atomic E-state index is 12.3. The molecule has 1 N–H and O–H groups in total. The number of nitrogens with zero attached hydrogens (tertiary/aromatic N) is 1. The summed E-state index contributed by atoms with van der Waals surface area (Å²) in [6, 6.07) is 4.49. The average Bonchev–Trinajstić information content (AvgIpc) is 3.16. The highest BCUT2D eigenvalue weighted by atomic mass is 32.1. The van der Waals surface area contributed by atoms with Gasteiger partial charge in [0.1, 0.15) is 0 Å². The van der Waals surface area contributed by atoms with E-state index < -0.39 is 0 Å². The summed E-state index contributed by atoms with van der Waals surface area (Å²) in [6.45, 7) is 1.40. The third kappa shape index (κ3) is 4.06. The lowest BCUT2D eigenvalue weighted by Gasteiger charge is -2.32. The summed E-state index contributed by atoms with van der Waals surface area (Å²) >= 11 is 1.70. The Morgan fingerprint density at radius 1 is 1.33 bits per heavy atom. The van der Waals surface area contributed by atoms with Crippen LogP contribution in [0.1, 0.15) is 37.0 Å². The number of carbonyl (C=O) groups excluding carboxylic acids is 2. The van der Waals surface area contributed by atoms with Crippen LogP contribution in [-0.4, -0.2) is 35.8 Å². The quantitative estimate of drug-likeness (QED) is 0.906. The minimum Gasteiger partial charge on any atom is -0.353 e. The van der Waals surface area contributed by atoms with E-state index in [4.69, 9.17) is 0 Å². The summed E-state index contributed by atoms with van der Waals surface area (Å²) in [7, 11) is 0. The van der Waals surface area contributed by atoms with Gasteiger partial charge in [0.2, 0.25) is 11.8 Å². The lowest BCUT2D eigenvalue weighted by atomic mass is 9.96. The molecular weight excluding hydrogens is 284 g/mol. The first kappa shape index (κ1) is 14.6. The van der Waals surface area contributed by atoms with Crippen molar-refractivity contribution in [1.82, 2.24) is 10.2 Å². The highest BCUT2D eigenvalue weighted by molar-refractivity contribution is 7.09. The van der Waals surface area contributed by atoms with Crippen LogP contribution in [0.25, 0.3) is 0 Å². The molecule has 1 aliphatic heterocycles. The Balaban J connectivity index is 1.47. The van der Waals surface area contributed by atoms with Crippen molar-refractivity contribution in [3.8, 4) is 0 Å². The summed E-state index contributed by atoms with van der Waals surface area (Å²) in [6.07, 6.45) is 5.44. The molecule has 0 radical (unpaired) electrons. The molecule has 5 heteroatoms. The second-order valence-corrected chi connectivity index (χ2v) is 7.07. The summed E-state index contributed by atoms with van der Waals surface area (Å²) in [5.74, 6) is 0.325. The molecule has 1 saturated carbocycles. The van der Waals surface area contributed by atoms with Gasteiger partial charge < -0.3 is 10.2 Å². The van der Waals surface area contributed by atoms with Crippen LogP contribution in [0.4, 0.5) is 0 Å². The second kappa shape index (κ2) is 6.60. The van der Waals surface area contributed by atoms with Gasteiger partial charge in [-0.3, -0.25) is 9.59 Å². The minimum atomic E-state index is -0.00922. The van der Waals surface area contributed by atoms with E-state index in [2.05, 4.69) is 11.4 Å². The predicted molar refractivity (Wildman–Crippen MR) is 83.1 cm³/mol. The standard InChI is InChI=1S/C16H22N2O2S/c19-15(8-7-14-4-2-10-21-14)18-9-1-3-12(11-18)16(20)17-13-5-6-13/h2,4,10,12-13H,1,3,5-9,11H2,(H,17,20)/t12-/m1/s1. The van der Waals surface area contributed by atoms with Crippen molar-refractivity contribution in [2.45, 2.75) is 44.6 Å². The number of hydrogen-bond donors (Lipinski definition) is 1. The molecule has 1 aliphatic carbocycles. The number of aryl methyl sites for hydroxylation is 1. The van der Waals surface area contributed by atoms with Crippen molar-refractivity contribution in [2.75, 3.05) is 13.1 Å². The van der Waals surface area contributed by atoms with Crippen LogP contribution in [0.2, 0.25) is 0 Å². The van der Waals surface area contributed by atoms with Crippen LogP contribution in [0, 0.1) is 5.92 Å². The SMILES string of the molecule is O=C(NC1CC1)[C@@H]1CCCN(C(=O)CCc2cccs2)C1. The monoisotopic (exact) mass is 306 g/mol. The summed E-state index contributed by atoms with van der Waals surface area (Å²) in [4.78, 5) is 27.5. The lowest BCUT2D eigenvalue weighted by molar-refractivity contribution is -0.135. The van der Waals surface area contributed by atoms with Crippen molar-refractivity contribution >= 4 is 23.2 Å². The first-order chi connectivity index (χ1) is 10.2. The largest absolute Gasteiger partial charge is 0.353 e. The molecular formula is C16H22N2O2S. The van der Waals surface area contributed by atoms with Gasteiger partial charge in [0, 0.05) is 30.4 Å². The summed E-state index contributed by atoms with van der Waals surface area (Å²) < 4.78 is 0. The van der Waals surface area contributed by atoms with E-state index >= 15 is 0 Å². The number of thiophene rings is 1. The minimum absolute atomic E-state index is 0.00922. The first-order valence-corrected chi connectivity index (χ1v) is 8.71. The maximum Gasteiger partial charge on any atom is 0.225 e. The van der Waals surface area contributed by atoms with Crippen molar-refractivity contribution < 1.29 is 9.59 Å². The van der Waals surface area contributed by atoms with Crippen LogP contribution in [0.5, 0.6) is 0 Å². The molecule has 0 bridgehead atoms. The number of amides is 2. The third-order valence-corrected chi connectivity index (χ3v) is 5.17. The number of piperidine rings is 1. The Bertz CT molecular complexity index is 496. The molecule has 4 nitrogen and oxygen atoms in total. The van der Waals surface area contributed by atoms with E-state index in [1.807, 2.05) is 16.3 Å². The van der Waals surface area contributed by atoms with Crippen LogP contribution in [0.15, 0.2) is 17.5 Å². The smallest absolute Gasteiger partial charge is 0.225 e. The van der Waals surface area contributed by atoms with E-state index in [0.717, 1.165) is 38.6 Å². The van der Waals surface area contributed by atoms with Gasteiger partial charge in [0.25, 0.3) is 0 Å². The molecule has 114 valence electrons. The van der Waals surface area contributed by atoms with E-state index in [-0.39, 0.29) is 17.7 Å². The first-order valence-electron chi connectivity index (χ1n) is 7.83. The predicted octanol–water partition coefficient (Wildman–Crippen LogP) is 2.20. The van der Waals surface area contributed by atoms with Crippen molar-refractivity contribution in [3.05, 3.63) is 22.4 Å². The third-order valence-electron chi connectivity index (χ3n) is 4.23. The highest BCUT2D eigenvalue weighted by Crippen LogP contribution is 2.22. The fourth-order valence-electron chi connectivity index (χ4n) is 2.81. The van der Waals surface area contributed by atoms with Crippen molar-refractivity contribution in [2.24, 2.45) is 5.92 Å². The molecule has 0 spiro atoms. The highest BCUT2D eigenvalue weighted by Gasteiger charge is 2.31. The van der Waals surface area contributed by atoms with Gasteiger partial charge >= 0.3 is 0 Å². The Hall–Kier alpha value is -1.36. The normalized spacial score (nSPS) is 22.1. The van der Waals surface area contributed by atoms with Gasteiger partial charge in [-0.2, -0.15) is 0 Å². The molecule has 0 aromatic carbocycles. The maximum atomic E-state index is 12.3. The zero-order valence-corrected chi connectivity index (χ0v) is 13.0. The Labute approximate surface area is 129 Å². The second-order valence-electron chi connectivity index (χ2n) is 6.04. The van der Waals surface area contributed by atoms with E-state index in [0.29, 0.717) is 19.0 Å². The number of likely N-dealkylation sites (tertiary alicyclic amines) is 1.